The lowest BCUT2D eigenvalue weighted by Gasteiger charge is -2.26. The molecule has 0 spiro atoms. The number of nitrogens with zero attached hydrogens (tertiary/aromatic N) is 2. The largest absolute Gasteiger partial charge is 0.455 e. The fraction of sp³-hybridized carbons (Fsp3) is 0.294. The molecule has 3 nitrogen and oxygen atoms in total. The fourth-order valence-corrected chi connectivity index (χ4v) is 6.09. The van der Waals surface area contributed by atoms with Crippen LogP contribution in [0.5, 0.6) is 11.5 Å². The van der Waals surface area contributed by atoms with Crippen molar-refractivity contribution in [3.63, 3.8) is 0 Å². The molecule has 0 bridgehead atoms. The number of ether oxygens (including phenoxy) is 1. The number of hydrogen-bond acceptors (Lipinski definition) is 2. The van der Waals surface area contributed by atoms with Crippen molar-refractivity contribution in [2.45, 2.75) is 47.5 Å². The summed E-state index contributed by atoms with van der Waals surface area (Å²) in [6.07, 6.45) is 3.84. The molecule has 4 aromatic carbocycles. The molecule has 0 saturated carbocycles. The van der Waals surface area contributed by atoms with Gasteiger partial charge < -0.3 is 4.74 Å². The van der Waals surface area contributed by atoms with Gasteiger partial charge in [0.25, 0.3) is 0 Å². The van der Waals surface area contributed by atoms with Crippen molar-refractivity contribution < 1.29 is 9.30 Å². The number of nitriles is 1. The van der Waals surface area contributed by atoms with Crippen LogP contribution in [0.25, 0.3) is 43.6 Å². The summed E-state index contributed by atoms with van der Waals surface area (Å²) >= 11 is 0. The van der Waals surface area contributed by atoms with Crippen molar-refractivity contribution in [3.05, 3.63) is 77.5 Å². The van der Waals surface area contributed by atoms with Crippen LogP contribution in [0.4, 0.5) is 0 Å². The lowest BCUT2D eigenvalue weighted by Crippen LogP contribution is -2.32. The Balaban J connectivity index is 1.70. The van der Waals surface area contributed by atoms with E-state index >= 15 is 0 Å². The van der Waals surface area contributed by atoms with E-state index in [2.05, 4.69) is 99.2 Å². The van der Waals surface area contributed by atoms with E-state index in [1.165, 1.54) is 49.5 Å². The number of aromatic nitrogens is 1. The van der Waals surface area contributed by atoms with Gasteiger partial charge in [0.2, 0.25) is 5.69 Å². The molecule has 37 heavy (non-hydrogen) atoms. The quantitative estimate of drug-likeness (QED) is 0.186. The zero-order chi connectivity index (χ0) is 26.1. The Bertz CT molecular complexity index is 1790. The van der Waals surface area contributed by atoms with Crippen LogP contribution in [0.1, 0.15) is 44.4 Å². The van der Waals surface area contributed by atoms with E-state index in [1.807, 2.05) is 13.8 Å². The molecule has 1 aromatic heterocycles. The maximum atomic E-state index is 9.56. The number of fused-ring (bicyclic) bond motifs is 5. The number of hydrogen-bond donors (Lipinski definition) is 0. The van der Waals surface area contributed by atoms with Crippen molar-refractivity contribution in [2.24, 2.45) is 18.4 Å². The molecule has 184 valence electrons. The molecule has 3 heteroatoms. The van der Waals surface area contributed by atoms with Crippen LogP contribution >= 0.6 is 0 Å². The maximum Gasteiger partial charge on any atom is 0.228 e. The van der Waals surface area contributed by atoms with Crippen molar-refractivity contribution >= 4 is 32.3 Å². The van der Waals surface area contributed by atoms with Crippen LogP contribution < -0.4 is 9.30 Å². The zero-order valence-electron chi connectivity index (χ0n) is 22.6. The Morgan fingerprint density at radius 3 is 2.43 bits per heavy atom. The second kappa shape index (κ2) is 8.32. The van der Waals surface area contributed by atoms with Gasteiger partial charge in [-0.05, 0) is 78.3 Å². The SMILES string of the molecule is Cc1c2c(c(CC(C)C)c3ccccc13)Oc1c3ccc(CC(C)(C)C#N)cc3cc3cc[n+](C)c-2c13. The highest BCUT2D eigenvalue weighted by Gasteiger charge is 2.34. The van der Waals surface area contributed by atoms with E-state index in [1.54, 1.807) is 0 Å². The highest BCUT2D eigenvalue weighted by Crippen LogP contribution is 2.53. The Morgan fingerprint density at radius 1 is 0.946 bits per heavy atom. The summed E-state index contributed by atoms with van der Waals surface area (Å²) in [4.78, 5) is 0. The smallest absolute Gasteiger partial charge is 0.228 e. The van der Waals surface area contributed by atoms with E-state index in [4.69, 9.17) is 4.74 Å². The molecule has 2 heterocycles. The van der Waals surface area contributed by atoms with E-state index in [9.17, 15) is 5.26 Å². The zero-order valence-corrected chi connectivity index (χ0v) is 22.6. The van der Waals surface area contributed by atoms with E-state index in [0.717, 1.165) is 35.1 Å². The molecule has 0 atom stereocenters. The third-order valence-corrected chi connectivity index (χ3v) is 7.79. The minimum Gasteiger partial charge on any atom is -0.455 e. The maximum absolute atomic E-state index is 9.56. The van der Waals surface area contributed by atoms with E-state index in [0.29, 0.717) is 5.92 Å². The van der Waals surface area contributed by atoms with Crippen LogP contribution in [0, 0.1) is 29.6 Å². The minimum atomic E-state index is -0.403. The number of pyridine rings is 1. The van der Waals surface area contributed by atoms with Crippen LogP contribution in [0.3, 0.4) is 0 Å². The van der Waals surface area contributed by atoms with Gasteiger partial charge in [-0.2, -0.15) is 5.26 Å². The second-order valence-corrected chi connectivity index (χ2v) is 11.7. The van der Waals surface area contributed by atoms with Crippen molar-refractivity contribution in [2.75, 3.05) is 0 Å². The van der Waals surface area contributed by atoms with E-state index < -0.39 is 5.41 Å². The Kier molecular flexibility index (Phi) is 5.28. The van der Waals surface area contributed by atoms with Gasteiger partial charge in [0.1, 0.15) is 18.5 Å². The van der Waals surface area contributed by atoms with Gasteiger partial charge in [-0.3, -0.25) is 0 Å². The van der Waals surface area contributed by atoms with Crippen molar-refractivity contribution in [1.82, 2.24) is 0 Å². The molecule has 1 aliphatic heterocycles. The molecule has 0 fully saturated rings. The van der Waals surface area contributed by atoms with Crippen molar-refractivity contribution in [1.29, 1.82) is 5.26 Å². The summed E-state index contributed by atoms with van der Waals surface area (Å²) in [5.74, 6) is 2.45. The van der Waals surface area contributed by atoms with Crippen LogP contribution in [-0.2, 0) is 19.9 Å². The molecule has 0 unspecified atom stereocenters. The van der Waals surface area contributed by atoms with Gasteiger partial charge in [-0.25, -0.2) is 4.57 Å². The van der Waals surface area contributed by atoms with Gasteiger partial charge in [0.15, 0.2) is 6.20 Å². The predicted molar refractivity (Wildman–Crippen MR) is 152 cm³/mol. The molecule has 1 aliphatic rings. The predicted octanol–water partition coefficient (Wildman–Crippen LogP) is 8.34. The number of aryl methyl sites for hydroxylation is 2. The molecular formula is C34H33N2O+. The normalized spacial score (nSPS) is 12.7. The summed E-state index contributed by atoms with van der Waals surface area (Å²) in [5.41, 5.74) is 5.75. The first-order valence-electron chi connectivity index (χ1n) is 13.2. The van der Waals surface area contributed by atoms with Gasteiger partial charge in [0.05, 0.1) is 22.4 Å². The Hall–Kier alpha value is -3.90. The molecule has 0 aliphatic carbocycles. The van der Waals surface area contributed by atoms with Crippen LogP contribution in [0.15, 0.2) is 60.8 Å². The average molecular weight is 486 g/mol. The molecular weight excluding hydrogens is 452 g/mol. The molecule has 0 radical (unpaired) electrons. The first-order valence-corrected chi connectivity index (χ1v) is 13.2. The fourth-order valence-electron chi connectivity index (χ4n) is 6.09. The number of benzene rings is 4. The van der Waals surface area contributed by atoms with E-state index in [-0.39, 0.29) is 0 Å². The van der Waals surface area contributed by atoms with Crippen LogP contribution in [-0.4, -0.2) is 0 Å². The van der Waals surface area contributed by atoms with Gasteiger partial charge >= 0.3 is 0 Å². The summed E-state index contributed by atoms with van der Waals surface area (Å²) < 4.78 is 9.29. The minimum absolute atomic E-state index is 0.403. The third-order valence-electron chi connectivity index (χ3n) is 7.79. The molecule has 5 aromatic rings. The second-order valence-electron chi connectivity index (χ2n) is 11.7. The third kappa shape index (κ3) is 3.66. The first kappa shape index (κ1) is 23.5. The highest BCUT2D eigenvalue weighted by molar-refractivity contribution is 6.13. The summed E-state index contributed by atoms with van der Waals surface area (Å²) in [7, 11) is 2.14. The lowest BCUT2D eigenvalue weighted by atomic mass is 9.85. The van der Waals surface area contributed by atoms with Gasteiger partial charge in [-0.15, -0.1) is 0 Å². The van der Waals surface area contributed by atoms with Crippen molar-refractivity contribution in [3.8, 4) is 28.8 Å². The molecule has 0 N–H and O–H groups in total. The summed E-state index contributed by atoms with van der Waals surface area (Å²) in [6, 6.07) is 22.2. The number of rotatable bonds is 4. The lowest BCUT2D eigenvalue weighted by molar-refractivity contribution is -0.659. The Labute approximate surface area is 218 Å². The average Bonchev–Trinajstić information content (AvgIpc) is 2.87. The van der Waals surface area contributed by atoms with Gasteiger partial charge in [-0.1, -0.05) is 56.3 Å². The van der Waals surface area contributed by atoms with Crippen LogP contribution in [0.2, 0.25) is 0 Å². The molecule has 6 rings (SSSR count). The standard InChI is InChI=1S/C34H33N2O/c1-20(2)15-28-27-10-8-7-9-25(27)21(3)29-31-30-23(13-14-36(31)6)17-24-16-22(18-34(4,5)19-35)11-12-26(24)32(30)37-33(28)29/h7-14,16-17,20H,15,18H2,1-6H3/q+1. The molecule has 0 saturated heterocycles. The summed E-state index contributed by atoms with van der Waals surface area (Å²) in [6.45, 7) is 10.8. The highest BCUT2D eigenvalue weighted by atomic mass is 16.5. The monoisotopic (exact) mass is 485 g/mol. The molecule has 0 amide bonds. The Morgan fingerprint density at radius 2 is 1.70 bits per heavy atom. The topological polar surface area (TPSA) is 36.9 Å². The first-order chi connectivity index (χ1) is 17.7. The van der Waals surface area contributed by atoms with Gasteiger partial charge in [0, 0.05) is 17.0 Å². The summed E-state index contributed by atoms with van der Waals surface area (Å²) in [5, 5.41) is 16.8.